The standard InChI is InChI=1S/C11H12FNO2/c1-6-4-8(12)5-7-2-3-9(10(6)7)13-11(14)15/h4-5,9,13H,2-3H2,1H3,(H,14,15). The zero-order valence-corrected chi connectivity index (χ0v) is 8.38. The minimum atomic E-state index is -1.03. The van der Waals surface area contributed by atoms with Crippen LogP contribution < -0.4 is 5.32 Å². The summed E-state index contributed by atoms with van der Waals surface area (Å²) in [5, 5.41) is 11.1. The van der Waals surface area contributed by atoms with Gasteiger partial charge in [-0.25, -0.2) is 9.18 Å². The van der Waals surface area contributed by atoms with Crippen molar-refractivity contribution in [1.29, 1.82) is 0 Å². The lowest BCUT2D eigenvalue weighted by Gasteiger charge is -2.13. The van der Waals surface area contributed by atoms with E-state index in [0.29, 0.717) is 6.42 Å². The number of aryl methyl sites for hydroxylation is 2. The van der Waals surface area contributed by atoms with E-state index in [-0.39, 0.29) is 11.9 Å². The van der Waals surface area contributed by atoms with Crippen LogP contribution in [0.15, 0.2) is 12.1 Å². The molecule has 0 radical (unpaired) electrons. The largest absolute Gasteiger partial charge is 0.465 e. The fourth-order valence-electron chi connectivity index (χ4n) is 2.27. The Morgan fingerprint density at radius 1 is 1.60 bits per heavy atom. The average molecular weight is 209 g/mol. The van der Waals surface area contributed by atoms with Crippen LogP contribution in [-0.4, -0.2) is 11.2 Å². The quantitative estimate of drug-likeness (QED) is 0.746. The van der Waals surface area contributed by atoms with Gasteiger partial charge in [-0.3, -0.25) is 0 Å². The van der Waals surface area contributed by atoms with Gasteiger partial charge in [0, 0.05) is 0 Å². The highest BCUT2D eigenvalue weighted by molar-refractivity contribution is 5.66. The van der Waals surface area contributed by atoms with E-state index in [0.717, 1.165) is 23.1 Å². The van der Waals surface area contributed by atoms with Crippen LogP contribution in [0.25, 0.3) is 0 Å². The Morgan fingerprint density at radius 3 is 3.00 bits per heavy atom. The van der Waals surface area contributed by atoms with Crippen LogP contribution in [-0.2, 0) is 6.42 Å². The number of hydrogen-bond donors (Lipinski definition) is 2. The molecule has 1 amide bonds. The number of carbonyl (C=O) groups is 1. The summed E-state index contributed by atoms with van der Waals surface area (Å²) in [7, 11) is 0. The van der Waals surface area contributed by atoms with Gasteiger partial charge >= 0.3 is 6.09 Å². The Bertz CT molecular complexity index is 417. The SMILES string of the molecule is Cc1cc(F)cc2c1C(NC(=O)O)CC2. The molecule has 0 saturated carbocycles. The van der Waals surface area contributed by atoms with E-state index < -0.39 is 6.09 Å². The van der Waals surface area contributed by atoms with E-state index in [1.807, 2.05) is 6.92 Å². The molecule has 15 heavy (non-hydrogen) atoms. The Morgan fingerprint density at radius 2 is 2.33 bits per heavy atom. The monoisotopic (exact) mass is 209 g/mol. The molecule has 1 aliphatic rings. The predicted octanol–water partition coefficient (Wildman–Crippen LogP) is 2.39. The lowest BCUT2D eigenvalue weighted by molar-refractivity contribution is 0.190. The highest BCUT2D eigenvalue weighted by Crippen LogP contribution is 2.34. The molecule has 4 heteroatoms. The van der Waals surface area contributed by atoms with Gasteiger partial charge in [-0.05, 0) is 48.6 Å². The molecule has 0 spiro atoms. The van der Waals surface area contributed by atoms with Crippen molar-refractivity contribution in [3.05, 3.63) is 34.6 Å². The Balaban J connectivity index is 2.37. The number of nitrogens with one attached hydrogen (secondary N) is 1. The zero-order chi connectivity index (χ0) is 11.0. The normalized spacial score (nSPS) is 18.7. The molecular weight excluding hydrogens is 197 g/mol. The summed E-state index contributed by atoms with van der Waals surface area (Å²) < 4.78 is 13.1. The molecule has 0 aliphatic heterocycles. The van der Waals surface area contributed by atoms with E-state index in [2.05, 4.69) is 5.32 Å². The maximum atomic E-state index is 13.1. The van der Waals surface area contributed by atoms with Gasteiger partial charge < -0.3 is 10.4 Å². The van der Waals surface area contributed by atoms with Crippen LogP contribution in [0.1, 0.15) is 29.2 Å². The van der Waals surface area contributed by atoms with Gasteiger partial charge in [0.2, 0.25) is 0 Å². The van der Waals surface area contributed by atoms with Crippen molar-refractivity contribution in [1.82, 2.24) is 5.32 Å². The second kappa shape index (κ2) is 3.53. The van der Waals surface area contributed by atoms with Gasteiger partial charge in [-0.15, -0.1) is 0 Å². The first-order valence-corrected chi connectivity index (χ1v) is 4.86. The number of carboxylic acid groups (broad SMARTS) is 1. The van der Waals surface area contributed by atoms with Gasteiger partial charge in [0.25, 0.3) is 0 Å². The third-order valence-corrected chi connectivity index (χ3v) is 2.79. The average Bonchev–Trinajstić information content (AvgIpc) is 2.46. The number of hydrogen-bond acceptors (Lipinski definition) is 1. The van der Waals surface area contributed by atoms with Crippen molar-refractivity contribution >= 4 is 6.09 Å². The molecule has 2 N–H and O–H groups in total. The summed E-state index contributed by atoms with van der Waals surface area (Å²) in [6, 6.07) is 2.75. The Labute approximate surface area is 86.9 Å². The number of halogens is 1. The molecule has 1 atom stereocenters. The predicted molar refractivity (Wildman–Crippen MR) is 53.4 cm³/mol. The van der Waals surface area contributed by atoms with Crippen molar-refractivity contribution in [3.8, 4) is 0 Å². The van der Waals surface area contributed by atoms with E-state index in [1.54, 1.807) is 0 Å². The Kier molecular flexibility index (Phi) is 2.34. The smallest absolute Gasteiger partial charge is 0.405 e. The summed E-state index contributed by atoms with van der Waals surface area (Å²) in [6.07, 6.45) is 0.418. The highest BCUT2D eigenvalue weighted by Gasteiger charge is 2.26. The first kappa shape index (κ1) is 9.96. The zero-order valence-electron chi connectivity index (χ0n) is 8.38. The van der Waals surface area contributed by atoms with Crippen LogP contribution in [0, 0.1) is 12.7 Å². The van der Waals surface area contributed by atoms with E-state index in [9.17, 15) is 9.18 Å². The second-order valence-electron chi connectivity index (χ2n) is 3.84. The molecule has 1 unspecified atom stereocenters. The number of benzene rings is 1. The van der Waals surface area contributed by atoms with Crippen LogP contribution in [0.3, 0.4) is 0 Å². The highest BCUT2D eigenvalue weighted by atomic mass is 19.1. The molecule has 0 saturated heterocycles. The third kappa shape index (κ3) is 1.79. The molecule has 1 aromatic carbocycles. The first-order chi connectivity index (χ1) is 7.08. The van der Waals surface area contributed by atoms with Crippen LogP contribution >= 0.6 is 0 Å². The lowest BCUT2D eigenvalue weighted by atomic mass is 10.0. The van der Waals surface area contributed by atoms with Crippen LogP contribution in [0.5, 0.6) is 0 Å². The molecule has 1 aromatic rings. The second-order valence-corrected chi connectivity index (χ2v) is 3.84. The molecular formula is C11H12FNO2. The van der Waals surface area contributed by atoms with Gasteiger partial charge in [0.05, 0.1) is 6.04 Å². The molecule has 0 fully saturated rings. The van der Waals surface area contributed by atoms with Crippen molar-refractivity contribution in [3.63, 3.8) is 0 Å². The van der Waals surface area contributed by atoms with E-state index >= 15 is 0 Å². The van der Waals surface area contributed by atoms with Crippen molar-refractivity contribution in [2.75, 3.05) is 0 Å². The Hall–Kier alpha value is -1.58. The third-order valence-electron chi connectivity index (χ3n) is 2.79. The van der Waals surface area contributed by atoms with E-state index in [4.69, 9.17) is 5.11 Å². The van der Waals surface area contributed by atoms with Crippen molar-refractivity contribution in [2.24, 2.45) is 0 Å². The van der Waals surface area contributed by atoms with Gasteiger partial charge in [-0.2, -0.15) is 0 Å². The van der Waals surface area contributed by atoms with Crippen LogP contribution in [0.4, 0.5) is 9.18 Å². The maximum Gasteiger partial charge on any atom is 0.405 e. The summed E-state index contributed by atoms with van der Waals surface area (Å²) in [5.74, 6) is -0.248. The maximum absolute atomic E-state index is 13.1. The molecule has 0 aromatic heterocycles. The van der Waals surface area contributed by atoms with E-state index in [1.165, 1.54) is 12.1 Å². The molecule has 80 valence electrons. The summed E-state index contributed by atoms with van der Waals surface area (Å²) >= 11 is 0. The number of fused-ring (bicyclic) bond motifs is 1. The summed E-state index contributed by atoms with van der Waals surface area (Å²) in [4.78, 5) is 10.6. The van der Waals surface area contributed by atoms with Crippen molar-refractivity contribution in [2.45, 2.75) is 25.8 Å². The molecule has 0 bridgehead atoms. The fourth-order valence-corrected chi connectivity index (χ4v) is 2.27. The minimum absolute atomic E-state index is 0.182. The lowest BCUT2D eigenvalue weighted by Crippen LogP contribution is -2.25. The first-order valence-electron chi connectivity index (χ1n) is 4.86. The topological polar surface area (TPSA) is 49.3 Å². The van der Waals surface area contributed by atoms with Gasteiger partial charge in [0.15, 0.2) is 0 Å². The molecule has 1 aliphatic carbocycles. The van der Waals surface area contributed by atoms with Gasteiger partial charge in [-0.1, -0.05) is 0 Å². The van der Waals surface area contributed by atoms with Gasteiger partial charge in [0.1, 0.15) is 5.82 Å². The summed E-state index contributed by atoms with van der Waals surface area (Å²) in [5.41, 5.74) is 2.69. The molecule has 3 nitrogen and oxygen atoms in total. The minimum Gasteiger partial charge on any atom is -0.465 e. The van der Waals surface area contributed by atoms with Crippen LogP contribution in [0.2, 0.25) is 0 Å². The number of amides is 1. The summed E-state index contributed by atoms with van der Waals surface area (Å²) in [6.45, 7) is 1.81. The molecule has 2 rings (SSSR count). The fraction of sp³-hybridized carbons (Fsp3) is 0.364. The number of rotatable bonds is 1. The van der Waals surface area contributed by atoms with Crippen molar-refractivity contribution < 1.29 is 14.3 Å². The molecule has 0 heterocycles.